The SMILES string of the molecule is O.[Na+].[O-]P. The van der Waals surface area contributed by atoms with Gasteiger partial charge in [0.05, 0.1) is 0 Å². The molecule has 0 aliphatic rings. The standard InChI is InChI=1S/Na.H2OP.H2O/c;1-2;/h;2H2;1H2/q+1;-1;. The van der Waals surface area contributed by atoms with Crippen LogP contribution in [0.15, 0.2) is 0 Å². The van der Waals surface area contributed by atoms with Crippen molar-refractivity contribution in [2.75, 3.05) is 0 Å². The molecule has 0 rings (SSSR count). The Hall–Kier alpha value is 1.35. The van der Waals surface area contributed by atoms with E-state index in [1.165, 1.54) is 9.47 Å². The van der Waals surface area contributed by atoms with Crippen molar-refractivity contribution in [2.45, 2.75) is 0 Å². The summed E-state index contributed by atoms with van der Waals surface area (Å²) in [7, 11) is 1.17. The minimum atomic E-state index is 0. The fraction of sp³-hybridized carbons (Fsp3) is 0. The largest absolute Gasteiger partial charge is 1.00 e. The van der Waals surface area contributed by atoms with E-state index in [0.29, 0.717) is 0 Å². The van der Waals surface area contributed by atoms with Crippen LogP contribution in [0.1, 0.15) is 0 Å². The van der Waals surface area contributed by atoms with Crippen LogP contribution in [0.2, 0.25) is 0 Å². The molecule has 1 unspecified atom stereocenters. The second-order valence-electron chi connectivity index (χ2n) is 0. The molecule has 0 fully saturated rings. The van der Waals surface area contributed by atoms with Gasteiger partial charge in [-0.1, -0.05) is 0 Å². The molecule has 2 N–H and O–H groups in total. The average Bonchev–Trinajstić information content (AvgIpc) is 1.00. The van der Waals surface area contributed by atoms with Crippen LogP contribution in [0, 0.1) is 0 Å². The smallest absolute Gasteiger partial charge is 0.834 e. The van der Waals surface area contributed by atoms with E-state index in [0.717, 1.165) is 0 Å². The fourth-order valence-corrected chi connectivity index (χ4v) is 0. The molecule has 0 aromatic carbocycles. The van der Waals surface area contributed by atoms with Gasteiger partial charge in [-0.15, -0.1) is 0 Å². The van der Waals surface area contributed by atoms with Crippen molar-refractivity contribution in [3.05, 3.63) is 0 Å². The summed E-state index contributed by atoms with van der Waals surface area (Å²) < 4.78 is 0. The molecule has 0 aliphatic heterocycles. The molecule has 1 atom stereocenters. The second-order valence-corrected chi connectivity index (χ2v) is 0. The first-order valence-electron chi connectivity index (χ1n) is 0.236. The molecule has 0 aliphatic carbocycles. The predicted octanol–water partition coefficient (Wildman–Crippen LogP) is -4.68. The van der Waals surface area contributed by atoms with Crippen LogP contribution < -0.4 is 34.5 Å². The van der Waals surface area contributed by atoms with Gasteiger partial charge in [-0.25, -0.2) is 9.47 Å². The van der Waals surface area contributed by atoms with Gasteiger partial charge in [-0.05, 0) is 0 Å². The monoisotopic (exact) mass is 90.0 g/mol. The normalized spacial score (nSPS) is 1.50. The van der Waals surface area contributed by atoms with Gasteiger partial charge in [0.1, 0.15) is 0 Å². The molecule has 0 spiro atoms. The van der Waals surface area contributed by atoms with Crippen molar-refractivity contribution in [3.8, 4) is 0 Å². The molecule has 0 aromatic heterocycles. The molecular weight excluding hydrogens is 86.0 g/mol. The first kappa shape index (κ1) is 18.3. The van der Waals surface area contributed by atoms with Crippen LogP contribution in [0.5, 0.6) is 0 Å². The van der Waals surface area contributed by atoms with Gasteiger partial charge in [0, 0.05) is 0 Å². The zero-order valence-electron chi connectivity index (χ0n) is 2.49. The van der Waals surface area contributed by atoms with Crippen molar-refractivity contribution in [3.63, 3.8) is 0 Å². The van der Waals surface area contributed by atoms with Crippen LogP contribution in [0.4, 0.5) is 0 Å². The van der Waals surface area contributed by atoms with Crippen LogP contribution in [-0.2, 0) is 0 Å². The maximum Gasteiger partial charge on any atom is 1.00 e. The molecule has 0 aromatic rings. The Kier molecular flexibility index (Phi) is 123. The molecule has 0 bridgehead atoms. The van der Waals surface area contributed by atoms with Crippen LogP contribution >= 0.6 is 9.47 Å². The summed E-state index contributed by atoms with van der Waals surface area (Å²) >= 11 is 0. The third-order valence-electron chi connectivity index (χ3n) is 0. The Morgan fingerprint density at radius 3 is 1.25 bits per heavy atom. The summed E-state index contributed by atoms with van der Waals surface area (Å²) in [6.45, 7) is 0. The predicted molar refractivity (Wildman–Crippen MR) is 13.3 cm³/mol. The summed E-state index contributed by atoms with van der Waals surface area (Å²) in [4.78, 5) is 8.17. The summed E-state index contributed by atoms with van der Waals surface area (Å²) in [6.07, 6.45) is 0. The first-order valence-corrected chi connectivity index (χ1v) is 0.707. The molecule has 0 radical (unpaired) electrons. The molecule has 22 valence electrons. The number of rotatable bonds is 0. The molecule has 0 saturated carbocycles. The van der Waals surface area contributed by atoms with E-state index < -0.39 is 0 Å². The maximum absolute atomic E-state index is 8.17. The van der Waals surface area contributed by atoms with Gasteiger partial charge in [0.15, 0.2) is 0 Å². The maximum atomic E-state index is 8.17. The van der Waals surface area contributed by atoms with Gasteiger partial charge in [0.2, 0.25) is 0 Å². The van der Waals surface area contributed by atoms with Crippen molar-refractivity contribution < 1.29 is 39.9 Å². The Balaban J connectivity index is -0.00000000500. The van der Waals surface area contributed by atoms with Gasteiger partial charge in [0.25, 0.3) is 0 Å². The van der Waals surface area contributed by atoms with Crippen LogP contribution in [0.3, 0.4) is 0 Å². The third-order valence-corrected chi connectivity index (χ3v) is 0. The molecule has 0 heterocycles. The molecular formula is H4NaO2P. The molecule has 0 amide bonds. The zero-order chi connectivity index (χ0) is 2.00. The minimum absolute atomic E-state index is 0. The quantitative estimate of drug-likeness (QED) is 0.218. The van der Waals surface area contributed by atoms with Gasteiger partial charge < -0.3 is 10.4 Å². The van der Waals surface area contributed by atoms with E-state index in [2.05, 4.69) is 0 Å². The van der Waals surface area contributed by atoms with Crippen molar-refractivity contribution in [1.29, 1.82) is 0 Å². The van der Waals surface area contributed by atoms with Crippen LogP contribution in [-0.4, -0.2) is 5.48 Å². The summed E-state index contributed by atoms with van der Waals surface area (Å²) in [6, 6.07) is 0. The second kappa shape index (κ2) is 26.8. The molecule has 4 heavy (non-hydrogen) atoms. The van der Waals surface area contributed by atoms with Crippen molar-refractivity contribution >= 4 is 9.47 Å². The fourth-order valence-electron chi connectivity index (χ4n) is 0. The summed E-state index contributed by atoms with van der Waals surface area (Å²) in [5.41, 5.74) is 0. The van der Waals surface area contributed by atoms with E-state index >= 15 is 0 Å². The summed E-state index contributed by atoms with van der Waals surface area (Å²) in [5, 5.41) is 0. The topological polar surface area (TPSA) is 54.6 Å². The minimum Gasteiger partial charge on any atom is -0.834 e. The molecule has 2 nitrogen and oxygen atoms in total. The molecule has 0 saturated heterocycles. The van der Waals surface area contributed by atoms with E-state index in [9.17, 15) is 0 Å². The average molecular weight is 90.0 g/mol. The van der Waals surface area contributed by atoms with E-state index in [-0.39, 0.29) is 35.0 Å². The Bertz CT molecular complexity index is 6.00. The van der Waals surface area contributed by atoms with E-state index in [1.807, 2.05) is 0 Å². The Labute approximate surface area is 49.5 Å². The van der Waals surface area contributed by atoms with Crippen LogP contribution in [0.25, 0.3) is 0 Å². The zero-order valence-corrected chi connectivity index (χ0v) is 5.64. The van der Waals surface area contributed by atoms with E-state index in [1.54, 1.807) is 0 Å². The van der Waals surface area contributed by atoms with Crippen molar-refractivity contribution in [1.82, 2.24) is 0 Å². The third kappa shape index (κ3) is 10.2. The molecule has 4 heteroatoms. The van der Waals surface area contributed by atoms with Gasteiger partial charge in [-0.3, -0.25) is 0 Å². The Morgan fingerprint density at radius 1 is 1.25 bits per heavy atom. The van der Waals surface area contributed by atoms with Gasteiger partial charge in [-0.2, -0.15) is 0 Å². The first-order chi connectivity index (χ1) is 1.00. The number of hydrogen-bond donors (Lipinski definition) is 0. The number of hydrogen-bond acceptors (Lipinski definition) is 1. The van der Waals surface area contributed by atoms with E-state index in [4.69, 9.17) is 4.89 Å². The Morgan fingerprint density at radius 2 is 1.25 bits per heavy atom. The van der Waals surface area contributed by atoms with Crippen molar-refractivity contribution in [2.24, 2.45) is 0 Å². The van der Waals surface area contributed by atoms with Gasteiger partial charge >= 0.3 is 29.6 Å². The summed E-state index contributed by atoms with van der Waals surface area (Å²) in [5.74, 6) is 0.